The van der Waals surface area contributed by atoms with E-state index in [-0.39, 0.29) is 17.9 Å². The second-order valence-corrected chi connectivity index (χ2v) is 12.7. The highest BCUT2D eigenvalue weighted by molar-refractivity contribution is 7.17. The first-order valence-corrected chi connectivity index (χ1v) is 15.3. The van der Waals surface area contributed by atoms with Crippen LogP contribution in [0.2, 0.25) is 0 Å². The monoisotopic (exact) mass is 581 g/mol. The van der Waals surface area contributed by atoms with Crippen LogP contribution in [0.3, 0.4) is 0 Å². The number of rotatable bonds is 7. The third-order valence-corrected chi connectivity index (χ3v) is 9.51. The molecule has 5 heterocycles. The van der Waals surface area contributed by atoms with Crippen molar-refractivity contribution in [1.29, 1.82) is 0 Å². The number of hydrogen-bond donors (Lipinski definition) is 3. The van der Waals surface area contributed by atoms with E-state index in [0.29, 0.717) is 11.3 Å². The van der Waals surface area contributed by atoms with Crippen LogP contribution in [0.1, 0.15) is 28.8 Å². The zero-order valence-electron chi connectivity index (χ0n) is 23.7. The van der Waals surface area contributed by atoms with Crippen LogP contribution in [0.5, 0.6) is 0 Å². The Morgan fingerprint density at radius 3 is 2.74 bits per heavy atom. The number of hydrogen-bond acceptors (Lipinski definition) is 6. The highest BCUT2D eigenvalue weighted by atomic mass is 32.1. The van der Waals surface area contributed by atoms with E-state index in [4.69, 9.17) is 4.98 Å². The van der Waals surface area contributed by atoms with Gasteiger partial charge in [-0.1, -0.05) is 24.3 Å². The van der Waals surface area contributed by atoms with Crippen molar-refractivity contribution >= 4 is 39.9 Å². The van der Waals surface area contributed by atoms with Gasteiger partial charge in [0.15, 0.2) is 0 Å². The summed E-state index contributed by atoms with van der Waals surface area (Å²) < 4.78 is 15.2. The molecule has 215 valence electrons. The first-order chi connectivity index (χ1) is 20.4. The number of anilines is 2. The van der Waals surface area contributed by atoms with Crippen LogP contribution >= 0.6 is 11.3 Å². The zero-order valence-corrected chi connectivity index (χ0v) is 24.5. The van der Waals surface area contributed by atoms with Crippen LogP contribution in [0.15, 0.2) is 66.4 Å². The maximum absolute atomic E-state index is 15.2. The van der Waals surface area contributed by atoms with Crippen molar-refractivity contribution in [3.8, 4) is 10.6 Å². The number of likely N-dealkylation sites (N-methyl/N-ethyl adjacent to an activating group) is 1. The zero-order chi connectivity index (χ0) is 28.8. The first-order valence-electron chi connectivity index (χ1n) is 14.5. The molecule has 1 radical (unpaired) electrons. The summed E-state index contributed by atoms with van der Waals surface area (Å²) in [6.45, 7) is 9.52. The van der Waals surface area contributed by atoms with Gasteiger partial charge in [0.25, 0.3) is 0 Å². The van der Waals surface area contributed by atoms with Crippen molar-refractivity contribution in [2.24, 2.45) is 0 Å². The fourth-order valence-electron chi connectivity index (χ4n) is 5.89. The molecular formula is C33H34FN6OS. The lowest BCUT2D eigenvalue weighted by Crippen LogP contribution is -2.58. The highest BCUT2D eigenvalue weighted by Crippen LogP contribution is 2.52. The van der Waals surface area contributed by atoms with E-state index in [9.17, 15) is 4.79 Å². The van der Waals surface area contributed by atoms with E-state index in [1.165, 1.54) is 17.2 Å². The van der Waals surface area contributed by atoms with Crippen molar-refractivity contribution < 1.29 is 9.18 Å². The molecule has 7 rings (SSSR count). The maximum atomic E-state index is 15.2. The third-order valence-electron chi connectivity index (χ3n) is 8.32. The standard InChI is InChI=1S/C33H34FN6OS/c1-20-8-11-40(12-9-20)17-21-3-6-29(36-16-21)31-15-30-32(42-31)25(7-10-35-30)27-14-26(27)24-5-4-22(13-28(24)34)37-33(41)38-23-18-39(2)19-23/h3-7,13-16,23,35H,1,8-12,17-19H2,2H3,(H2,37,38,41). The molecule has 0 saturated carbocycles. The predicted molar refractivity (Wildman–Crippen MR) is 169 cm³/mol. The minimum Gasteiger partial charge on any atom is -0.380 e. The molecule has 2 amide bonds. The number of allylic oxidation sites excluding steroid dienone is 3. The normalized spacial score (nSPS) is 19.1. The van der Waals surface area contributed by atoms with Gasteiger partial charge in [-0.25, -0.2) is 9.18 Å². The third kappa shape index (κ3) is 5.64. The van der Waals surface area contributed by atoms with Crippen LogP contribution in [-0.4, -0.2) is 66.6 Å². The molecule has 1 aromatic carbocycles. The average molecular weight is 582 g/mol. The smallest absolute Gasteiger partial charge is 0.319 e. The van der Waals surface area contributed by atoms with Gasteiger partial charge in [-0.2, -0.15) is 0 Å². The van der Waals surface area contributed by atoms with E-state index in [1.807, 2.05) is 19.7 Å². The van der Waals surface area contributed by atoms with Crippen molar-refractivity contribution in [1.82, 2.24) is 20.1 Å². The number of likely N-dealkylation sites (tertiary alicyclic amines) is 2. The number of pyridine rings is 1. The number of benzene rings is 1. The van der Waals surface area contributed by atoms with Crippen LogP contribution in [0.4, 0.5) is 20.6 Å². The minimum atomic E-state index is -0.349. The fraction of sp³-hybridized carbons (Fsp3) is 0.303. The number of aromatic nitrogens is 1. The molecule has 1 aliphatic carbocycles. The summed E-state index contributed by atoms with van der Waals surface area (Å²) in [5.74, 6) is -0.349. The summed E-state index contributed by atoms with van der Waals surface area (Å²) in [6.07, 6.45) is 8.36. The SMILES string of the molecule is C=C1CCN(Cc2ccc(-c3cc4c(s3)C(C3=C(c5ccc(NC(=O)NC6CN(C)C6)cc5F)[CH]3)=CCN4)nc2)CC1. The number of carbonyl (C=O) groups is 1. The molecule has 2 aromatic heterocycles. The molecule has 0 bridgehead atoms. The highest BCUT2D eigenvalue weighted by Gasteiger charge is 2.33. The van der Waals surface area contributed by atoms with Gasteiger partial charge in [-0.05, 0) is 72.5 Å². The topological polar surface area (TPSA) is 72.5 Å². The molecule has 42 heavy (non-hydrogen) atoms. The fourth-order valence-corrected chi connectivity index (χ4v) is 7.06. The van der Waals surface area contributed by atoms with E-state index >= 15 is 4.39 Å². The Morgan fingerprint density at radius 1 is 1.17 bits per heavy atom. The largest absolute Gasteiger partial charge is 0.380 e. The minimum absolute atomic E-state index is 0.134. The molecule has 9 heteroatoms. The van der Waals surface area contributed by atoms with Gasteiger partial charge < -0.3 is 20.9 Å². The van der Waals surface area contributed by atoms with E-state index in [0.717, 1.165) is 90.0 Å². The lowest BCUT2D eigenvalue weighted by molar-refractivity contribution is 0.165. The van der Waals surface area contributed by atoms with Gasteiger partial charge in [-0.3, -0.25) is 9.88 Å². The molecule has 3 aliphatic heterocycles. The van der Waals surface area contributed by atoms with E-state index < -0.39 is 0 Å². The molecule has 2 saturated heterocycles. The molecule has 3 N–H and O–H groups in total. The van der Waals surface area contributed by atoms with Crippen LogP contribution in [-0.2, 0) is 6.54 Å². The van der Waals surface area contributed by atoms with Crippen LogP contribution < -0.4 is 16.0 Å². The number of fused-ring (bicyclic) bond motifs is 1. The van der Waals surface area contributed by atoms with E-state index in [2.05, 4.69) is 56.6 Å². The van der Waals surface area contributed by atoms with Gasteiger partial charge >= 0.3 is 6.03 Å². The summed E-state index contributed by atoms with van der Waals surface area (Å²) in [5.41, 5.74) is 8.70. The van der Waals surface area contributed by atoms with Gasteiger partial charge in [0.1, 0.15) is 5.82 Å². The molecule has 7 nitrogen and oxygen atoms in total. The number of halogens is 1. The molecule has 0 spiro atoms. The van der Waals surface area contributed by atoms with Gasteiger partial charge in [0.2, 0.25) is 0 Å². The summed E-state index contributed by atoms with van der Waals surface area (Å²) in [4.78, 5) is 23.9. The van der Waals surface area contributed by atoms with Crippen molar-refractivity contribution in [3.05, 3.63) is 94.6 Å². The number of piperidine rings is 1. The van der Waals surface area contributed by atoms with Crippen LogP contribution in [0.25, 0.3) is 21.7 Å². The Kier molecular flexibility index (Phi) is 7.17. The second-order valence-electron chi connectivity index (χ2n) is 11.6. The van der Waals surface area contributed by atoms with Gasteiger partial charge in [-0.15, -0.1) is 11.3 Å². The summed E-state index contributed by atoms with van der Waals surface area (Å²) in [6, 6.07) is 11.2. The molecule has 0 atom stereocenters. The Morgan fingerprint density at radius 2 is 2.00 bits per heavy atom. The number of carbonyl (C=O) groups excluding carboxylic acids is 1. The van der Waals surface area contributed by atoms with Crippen molar-refractivity contribution in [3.63, 3.8) is 0 Å². The number of nitrogens with one attached hydrogen (secondary N) is 3. The van der Waals surface area contributed by atoms with E-state index in [1.54, 1.807) is 23.5 Å². The summed E-state index contributed by atoms with van der Waals surface area (Å²) in [5, 5.41) is 9.14. The van der Waals surface area contributed by atoms with Gasteiger partial charge in [0, 0.05) is 63.1 Å². The predicted octanol–water partition coefficient (Wildman–Crippen LogP) is 6.02. The number of amides is 2. The molecule has 0 unspecified atom stereocenters. The number of urea groups is 1. The Bertz CT molecular complexity index is 1610. The van der Waals surface area contributed by atoms with Crippen molar-refractivity contribution in [2.45, 2.75) is 25.4 Å². The number of nitrogens with zero attached hydrogens (tertiary/aromatic N) is 3. The first kappa shape index (κ1) is 27.1. The quantitative estimate of drug-likeness (QED) is 0.298. The second kappa shape index (κ2) is 11.1. The van der Waals surface area contributed by atoms with Gasteiger partial charge in [0.05, 0.1) is 27.2 Å². The maximum Gasteiger partial charge on any atom is 0.319 e. The Labute approximate surface area is 249 Å². The lowest BCUT2D eigenvalue weighted by Gasteiger charge is -2.36. The molecular weight excluding hydrogens is 547 g/mol. The molecule has 4 aliphatic rings. The van der Waals surface area contributed by atoms with Crippen molar-refractivity contribution in [2.75, 3.05) is 50.4 Å². The number of thiophene rings is 1. The summed E-state index contributed by atoms with van der Waals surface area (Å²) in [7, 11) is 2.00. The summed E-state index contributed by atoms with van der Waals surface area (Å²) >= 11 is 1.71. The molecule has 2 fully saturated rings. The Balaban J connectivity index is 1.03. The van der Waals surface area contributed by atoms with Crippen LogP contribution in [0, 0.1) is 12.2 Å². The Hall–Kier alpha value is -3.79. The lowest BCUT2D eigenvalue weighted by atomic mass is 10.1. The molecule has 3 aromatic rings. The average Bonchev–Trinajstić information content (AvgIpc) is 3.62.